The summed E-state index contributed by atoms with van der Waals surface area (Å²) in [6.07, 6.45) is 1.71. The number of ether oxygens (including phenoxy) is 2. The maximum Gasteiger partial charge on any atom is 0.337 e. The van der Waals surface area contributed by atoms with Gasteiger partial charge in [0.05, 0.1) is 12.7 Å². The number of rotatable bonds is 6. The molecule has 4 rings (SSSR count). The van der Waals surface area contributed by atoms with Crippen molar-refractivity contribution in [2.24, 2.45) is 0 Å². The zero-order valence-corrected chi connectivity index (χ0v) is 17.6. The van der Waals surface area contributed by atoms with Crippen molar-refractivity contribution in [2.45, 2.75) is 31.1 Å². The molecule has 1 atom stereocenters. The molecule has 2 heterocycles. The van der Waals surface area contributed by atoms with Crippen LogP contribution in [0.3, 0.4) is 0 Å². The second-order valence-corrected chi connectivity index (χ2v) is 7.81. The number of thioether (sulfide) groups is 1. The van der Waals surface area contributed by atoms with E-state index >= 15 is 0 Å². The van der Waals surface area contributed by atoms with E-state index in [-0.39, 0.29) is 5.97 Å². The summed E-state index contributed by atoms with van der Waals surface area (Å²) in [5.74, 6) is 0.991. The number of benzene rings is 2. The van der Waals surface area contributed by atoms with Crippen LogP contribution in [0.4, 0.5) is 5.69 Å². The number of anilines is 1. The van der Waals surface area contributed by atoms with Crippen molar-refractivity contribution < 1.29 is 14.3 Å². The van der Waals surface area contributed by atoms with Gasteiger partial charge in [-0.1, -0.05) is 55.4 Å². The normalized spacial score (nSPS) is 14.5. The van der Waals surface area contributed by atoms with E-state index < -0.39 is 6.23 Å². The van der Waals surface area contributed by atoms with Crippen molar-refractivity contribution in [2.75, 3.05) is 18.2 Å². The fraction of sp³-hybridized carbons (Fsp3) is 0.273. The fourth-order valence-corrected chi connectivity index (χ4v) is 3.94. The summed E-state index contributed by atoms with van der Waals surface area (Å²) in [6.45, 7) is 2.15. The molecule has 1 aromatic heterocycles. The van der Waals surface area contributed by atoms with E-state index in [1.165, 1.54) is 7.11 Å². The van der Waals surface area contributed by atoms with Gasteiger partial charge in [0.1, 0.15) is 0 Å². The molecular formula is C22H22N4O3S. The highest BCUT2D eigenvalue weighted by Crippen LogP contribution is 2.39. The predicted molar refractivity (Wildman–Crippen MR) is 116 cm³/mol. The molecule has 0 radical (unpaired) electrons. The molecule has 8 heteroatoms. The molecule has 0 unspecified atom stereocenters. The second kappa shape index (κ2) is 9.13. The Morgan fingerprint density at radius 2 is 1.97 bits per heavy atom. The number of hydrogen-bond acceptors (Lipinski definition) is 8. The number of hydrogen-bond donors (Lipinski definition) is 1. The van der Waals surface area contributed by atoms with Gasteiger partial charge in [0.25, 0.3) is 0 Å². The summed E-state index contributed by atoms with van der Waals surface area (Å²) < 4.78 is 11.0. The van der Waals surface area contributed by atoms with Crippen LogP contribution in [0, 0.1) is 0 Å². The molecule has 0 fully saturated rings. The third-order valence-corrected chi connectivity index (χ3v) is 5.62. The lowest BCUT2D eigenvalue weighted by atomic mass is 10.1. The smallest absolute Gasteiger partial charge is 0.337 e. The number of esters is 1. The molecule has 3 aromatic rings. The minimum atomic E-state index is -0.496. The lowest BCUT2D eigenvalue weighted by molar-refractivity contribution is 0.0600. The molecular weight excluding hydrogens is 400 g/mol. The Balaban J connectivity index is 1.69. The van der Waals surface area contributed by atoms with Gasteiger partial charge in [-0.15, -0.1) is 10.2 Å². The molecule has 1 N–H and O–H groups in total. The summed E-state index contributed by atoms with van der Waals surface area (Å²) in [6, 6.07) is 14.9. The fourth-order valence-electron chi connectivity index (χ4n) is 3.08. The maximum atomic E-state index is 11.7. The minimum absolute atomic E-state index is 0.377. The van der Waals surface area contributed by atoms with E-state index in [0.717, 1.165) is 35.4 Å². The first-order chi connectivity index (χ1) is 14.7. The standard InChI is InChI=1S/C22H22N4O3S/c1-3-4-13-30-22-24-20-18(25-26-22)16-7-5-6-8-17(16)23-19(29-20)14-9-11-15(12-10-14)21(27)28-2/h5-12,19,23H,3-4,13H2,1-2H3/t19-/m0/s1. The quantitative estimate of drug-likeness (QED) is 0.347. The van der Waals surface area contributed by atoms with Crippen molar-refractivity contribution >= 4 is 23.4 Å². The lowest BCUT2D eigenvalue weighted by Gasteiger charge is -2.19. The average Bonchev–Trinajstić information content (AvgIpc) is 2.95. The monoisotopic (exact) mass is 422 g/mol. The topological polar surface area (TPSA) is 86.2 Å². The van der Waals surface area contributed by atoms with Crippen LogP contribution in [-0.2, 0) is 4.74 Å². The number of nitrogens with zero attached hydrogens (tertiary/aromatic N) is 3. The zero-order valence-electron chi connectivity index (χ0n) is 16.8. The Labute approximate surface area is 179 Å². The van der Waals surface area contributed by atoms with E-state index in [1.54, 1.807) is 23.9 Å². The number of nitrogens with one attached hydrogen (secondary N) is 1. The summed E-state index contributed by atoms with van der Waals surface area (Å²) in [4.78, 5) is 16.4. The maximum absolute atomic E-state index is 11.7. The van der Waals surface area contributed by atoms with Gasteiger partial charge in [0.15, 0.2) is 11.9 Å². The first-order valence-corrected chi connectivity index (χ1v) is 10.8. The molecule has 1 aliphatic heterocycles. The van der Waals surface area contributed by atoms with E-state index in [0.29, 0.717) is 22.3 Å². The van der Waals surface area contributed by atoms with Gasteiger partial charge < -0.3 is 14.8 Å². The van der Waals surface area contributed by atoms with Crippen LogP contribution in [0.5, 0.6) is 5.88 Å². The molecule has 1 aliphatic rings. The van der Waals surface area contributed by atoms with Crippen LogP contribution in [0.25, 0.3) is 11.3 Å². The van der Waals surface area contributed by atoms with Gasteiger partial charge in [-0.3, -0.25) is 0 Å². The molecule has 7 nitrogen and oxygen atoms in total. The van der Waals surface area contributed by atoms with Crippen LogP contribution in [0.15, 0.2) is 53.7 Å². The van der Waals surface area contributed by atoms with Crippen LogP contribution in [0.2, 0.25) is 0 Å². The minimum Gasteiger partial charge on any atom is -0.465 e. The highest BCUT2D eigenvalue weighted by Gasteiger charge is 2.26. The van der Waals surface area contributed by atoms with E-state index in [1.807, 2.05) is 36.4 Å². The van der Waals surface area contributed by atoms with Crippen LogP contribution < -0.4 is 10.1 Å². The van der Waals surface area contributed by atoms with Crippen molar-refractivity contribution in [1.29, 1.82) is 0 Å². The molecule has 0 saturated heterocycles. The third-order valence-electron chi connectivity index (χ3n) is 4.70. The van der Waals surface area contributed by atoms with E-state index in [2.05, 4.69) is 27.4 Å². The number of methoxy groups -OCH3 is 1. The summed E-state index contributed by atoms with van der Waals surface area (Å²) in [5, 5.41) is 12.7. The zero-order chi connectivity index (χ0) is 20.9. The van der Waals surface area contributed by atoms with Crippen molar-refractivity contribution in [3.05, 3.63) is 59.7 Å². The molecule has 0 bridgehead atoms. The summed E-state index contributed by atoms with van der Waals surface area (Å²) >= 11 is 1.57. The summed E-state index contributed by atoms with van der Waals surface area (Å²) in [7, 11) is 1.36. The number of unbranched alkanes of at least 4 members (excludes halogenated alkanes) is 1. The Morgan fingerprint density at radius 1 is 1.17 bits per heavy atom. The lowest BCUT2D eigenvalue weighted by Crippen LogP contribution is -2.17. The summed E-state index contributed by atoms with van der Waals surface area (Å²) in [5.41, 5.74) is 3.69. The first-order valence-electron chi connectivity index (χ1n) is 9.78. The van der Waals surface area contributed by atoms with Gasteiger partial charge in [0, 0.05) is 22.6 Å². The van der Waals surface area contributed by atoms with Crippen LogP contribution in [0.1, 0.15) is 41.9 Å². The van der Waals surface area contributed by atoms with Gasteiger partial charge in [-0.25, -0.2) is 4.79 Å². The largest absolute Gasteiger partial charge is 0.465 e. The number of fused-ring (bicyclic) bond motifs is 3. The van der Waals surface area contributed by atoms with Crippen molar-refractivity contribution in [3.63, 3.8) is 0 Å². The Kier molecular flexibility index (Phi) is 6.13. The van der Waals surface area contributed by atoms with E-state index in [4.69, 9.17) is 9.47 Å². The highest BCUT2D eigenvalue weighted by atomic mass is 32.2. The predicted octanol–water partition coefficient (Wildman–Crippen LogP) is 4.72. The Bertz CT molecular complexity index is 1040. The number of carbonyl (C=O) groups excluding carboxylic acids is 1. The molecule has 2 aromatic carbocycles. The van der Waals surface area contributed by atoms with Crippen LogP contribution >= 0.6 is 11.8 Å². The van der Waals surface area contributed by atoms with Gasteiger partial charge in [-0.05, 0) is 24.6 Å². The molecule has 0 spiro atoms. The van der Waals surface area contributed by atoms with Crippen molar-refractivity contribution in [1.82, 2.24) is 15.2 Å². The first kappa shape index (κ1) is 20.2. The molecule has 30 heavy (non-hydrogen) atoms. The van der Waals surface area contributed by atoms with E-state index in [9.17, 15) is 4.79 Å². The van der Waals surface area contributed by atoms with Crippen LogP contribution in [-0.4, -0.2) is 34.0 Å². The SMILES string of the molecule is CCCCSc1nnc2c(n1)O[C@@H](c1ccc(C(=O)OC)cc1)Nc1ccccc1-2. The third kappa shape index (κ3) is 4.23. The van der Waals surface area contributed by atoms with Crippen molar-refractivity contribution in [3.8, 4) is 17.1 Å². The Morgan fingerprint density at radius 3 is 2.73 bits per heavy atom. The Hall–Kier alpha value is -3.13. The van der Waals surface area contributed by atoms with Gasteiger partial charge in [0.2, 0.25) is 11.0 Å². The second-order valence-electron chi connectivity index (χ2n) is 6.75. The molecule has 0 saturated carbocycles. The molecule has 0 aliphatic carbocycles. The molecule has 154 valence electrons. The number of carbonyl (C=O) groups is 1. The van der Waals surface area contributed by atoms with Gasteiger partial charge in [-0.2, -0.15) is 4.98 Å². The number of aromatic nitrogens is 3. The molecule has 0 amide bonds. The highest BCUT2D eigenvalue weighted by molar-refractivity contribution is 7.99. The number of para-hydroxylation sites is 1. The van der Waals surface area contributed by atoms with Gasteiger partial charge >= 0.3 is 5.97 Å². The average molecular weight is 423 g/mol.